The van der Waals surface area contributed by atoms with Crippen molar-refractivity contribution >= 4 is 5.97 Å². The number of ether oxygens (including phenoxy) is 2. The van der Waals surface area contributed by atoms with Gasteiger partial charge in [0.2, 0.25) is 0 Å². The Morgan fingerprint density at radius 2 is 2.30 bits per heavy atom. The molecule has 118 valence electrons. The second-order valence-corrected chi connectivity index (χ2v) is 5.98. The van der Waals surface area contributed by atoms with Gasteiger partial charge in [0, 0.05) is 19.2 Å². The number of hydrogen-bond donors (Lipinski definition) is 1. The Hall–Kier alpha value is -0.650. The summed E-state index contributed by atoms with van der Waals surface area (Å²) in [6, 6.07) is 0.280. The van der Waals surface area contributed by atoms with Crippen LogP contribution in [0.15, 0.2) is 0 Å². The van der Waals surface area contributed by atoms with Crippen LogP contribution in [-0.2, 0) is 14.3 Å². The summed E-state index contributed by atoms with van der Waals surface area (Å²) in [7, 11) is 3.54. The molecule has 1 heterocycles. The Balaban J connectivity index is 2.55. The van der Waals surface area contributed by atoms with Crippen molar-refractivity contribution in [2.24, 2.45) is 0 Å². The van der Waals surface area contributed by atoms with Crippen LogP contribution in [0.3, 0.4) is 0 Å². The Morgan fingerprint density at radius 3 is 2.80 bits per heavy atom. The molecule has 0 aromatic carbocycles. The molecule has 0 aromatic heterocycles. The lowest BCUT2D eigenvalue weighted by Gasteiger charge is -2.35. The van der Waals surface area contributed by atoms with E-state index in [-0.39, 0.29) is 12.0 Å². The lowest BCUT2D eigenvalue weighted by Crippen LogP contribution is -2.54. The van der Waals surface area contributed by atoms with Crippen LogP contribution in [0.2, 0.25) is 0 Å². The minimum absolute atomic E-state index is 0.197. The first-order valence-corrected chi connectivity index (χ1v) is 7.58. The van der Waals surface area contributed by atoms with Gasteiger partial charge in [0.15, 0.2) is 0 Å². The second-order valence-electron chi connectivity index (χ2n) is 5.98. The van der Waals surface area contributed by atoms with E-state index in [1.165, 1.54) is 7.11 Å². The molecular weight excluding hydrogens is 256 g/mol. The van der Waals surface area contributed by atoms with Gasteiger partial charge in [-0.05, 0) is 46.7 Å². The minimum atomic E-state index is -0.631. The van der Waals surface area contributed by atoms with Gasteiger partial charge in [0.05, 0.1) is 13.2 Å². The average Bonchev–Trinajstić information content (AvgIpc) is 2.90. The van der Waals surface area contributed by atoms with Gasteiger partial charge in [-0.1, -0.05) is 6.92 Å². The molecule has 0 radical (unpaired) electrons. The molecule has 3 atom stereocenters. The quantitative estimate of drug-likeness (QED) is 0.684. The van der Waals surface area contributed by atoms with E-state index in [2.05, 4.69) is 24.2 Å². The predicted molar refractivity (Wildman–Crippen MR) is 79.8 cm³/mol. The number of rotatable bonds is 8. The maximum absolute atomic E-state index is 12.0. The van der Waals surface area contributed by atoms with Crippen molar-refractivity contribution in [3.63, 3.8) is 0 Å². The fraction of sp³-hybridized carbons (Fsp3) is 0.933. The van der Waals surface area contributed by atoms with Gasteiger partial charge in [0.25, 0.3) is 0 Å². The summed E-state index contributed by atoms with van der Waals surface area (Å²) in [6.07, 6.45) is 3.35. The third kappa shape index (κ3) is 4.72. The molecule has 0 bridgehead atoms. The maximum Gasteiger partial charge on any atom is 0.325 e. The van der Waals surface area contributed by atoms with Gasteiger partial charge in [0.1, 0.15) is 5.54 Å². The van der Waals surface area contributed by atoms with E-state index in [4.69, 9.17) is 9.47 Å². The highest BCUT2D eigenvalue weighted by molar-refractivity contribution is 5.80. The van der Waals surface area contributed by atoms with Crippen molar-refractivity contribution in [2.75, 3.05) is 33.9 Å². The van der Waals surface area contributed by atoms with Crippen LogP contribution in [0, 0.1) is 0 Å². The Bertz CT molecular complexity index is 305. The normalized spacial score (nSPS) is 23.6. The lowest BCUT2D eigenvalue weighted by molar-refractivity contribution is -0.148. The molecule has 1 fully saturated rings. The zero-order valence-corrected chi connectivity index (χ0v) is 13.6. The van der Waals surface area contributed by atoms with Crippen LogP contribution in [0.25, 0.3) is 0 Å². The summed E-state index contributed by atoms with van der Waals surface area (Å²) in [5.74, 6) is -0.197. The van der Waals surface area contributed by atoms with E-state index in [1.807, 2.05) is 13.8 Å². The fourth-order valence-corrected chi connectivity index (χ4v) is 2.88. The van der Waals surface area contributed by atoms with Gasteiger partial charge in [-0.2, -0.15) is 0 Å². The van der Waals surface area contributed by atoms with Crippen molar-refractivity contribution in [2.45, 2.75) is 57.7 Å². The first-order valence-electron chi connectivity index (χ1n) is 7.58. The molecule has 0 aromatic rings. The highest BCUT2D eigenvalue weighted by atomic mass is 16.5. The first-order chi connectivity index (χ1) is 9.42. The molecule has 0 amide bonds. The molecule has 0 saturated carbocycles. The van der Waals surface area contributed by atoms with Crippen LogP contribution >= 0.6 is 0 Å². The molecule has 1 saturated heterocycles. The summed E-state index contributed by atoms with van der Waals surface area (Å²) in [4.78, 5) is 14.3. The summed E-state index contributed by atoms with van der Waals surface area (Å²) in [5.41, 5.74) is -0.631. The Morgan fingerprint density at radius 1 is 1.60 bits per heavy atom. The fourth-order valence-electron chi connectivity index (χ4n) is 2.88. The van der Waals surface area contributed by atoms with E-state index >= 15 is 0 Å². The zero-order chi connectivity index (χ0) is 15.2. The SMILES string of the molecule is CCNC(C)(CC(C)N(C)CC1CCCO1)C(=O)OC. The van der Waals surface area contributed by atoms with Crippen LogP contribution in [-0.4, -0.2) is 62.4 Å². The number of nitrogens with zero attached hydrogens (tertiary/aromatic N) is 1. The van der Waals surface area contributed by atoms with Gasteiger partial charge in [-0.25, -0.2) is 0 Å². The monoisotopic (exact) mass is 286 g/mol. The number of esters is 1. The number of hydrogen-bond acceptors (Lipinski definition) is 5. The molecule has 5 nitrogen and oxygen atoms in total. The van der Waals surface area contributed by atoms with Crippen molar-refractivity contribution in [1.29, 1.82) is 0 Å². The topological polar surface area (TPSA) is 50.8 Å². The maximum atomic E-state index is 12.0. The number of carbonyl (C=O) groups excluding carboxylic acids is 1. The Labute approximate surface area is 123 Å². The highest BCUT2D eigenvalue weighted by Crippen LogP contribution is 2.20. The molecule has 0 spiro atoms. The first kappa shape index (κ1) is 17.4. The molecule has 1 N–H and O–H groups in total. The van der Waals surface area contributed by atoms with E-state index in [9.17, 15) is 4.79 Å². The van der Waals surface area contributed by atoms with Gasteiger partial charge in [-0.3, -0.25) is 4.79 Å². The van der Waals surface area contributed by atoms with Gasteiger partial charge >= 0.3 is 5.97 Å². The summed E-state index contributed by atoms with van der Waals surface area (Å²) in [5, 5.41) is 3.26. The smallest absolute Gasteiger partial charge is 0.325 e. The van der Waals surface area contributed by atoms with Crippen LogP contribution in [0.5, 0.6) is 0 Å². The summed E-state index contributed by atoms with van der Waals surface area (Å²) >= 11 is 0. The molecule has 3 unspecified atom stereocenters. The average molecular weight is 286 g/mol. The third-order valence-corrected chi connectivity index (χ3v) is 4.17. The molecule has 0 aliphatic carbocycles. The van der Waals surface area contributed by atoms with Crippen LogP contribution in [0.1, 0.15) is 40.0 Å². The molecule has 20 heavy (non-hydrogen) atoms. The molecule has 1 aliphatic rings. The highest BCUT2D eigenvalue weighted by Gasteiger charge is 2.36. The number of nitrogens with one attached hydrogen (secondary N) is 1. The van der Waals surface area contributed by atoms with Gasteiger partial charge < -0.3 is 19.7 Å². The van der Waals surface area contributed by atoms with Crippen molar-refractivity contribution in [1.82, 2.24) is 10.2 Å². The van der Waals surface area contributed by atoms with Crippen LogP contribution < -0.4 is 5.32 Å². The molecule has 1 aliphatic heterocycles. The number of methoxy groups -OCH3 is 1. The van der Waals surface area contributed by atoms with E-state index < -0.39 is 5.54 Å². The summed E-state index contributed by atoms with van der Waals surface area (Å²) < 4.78 is 10.6. The second kappa shape index (κ2) is 7.96. The molecule has 1 rings (SSSR count). The third-order valence-electron chi connectivity index (χ3n) is 4.17. The van der Waals surface area contributed by atoms with E-state index in [1.54, 1.807) is 0 Å². The molecular formula is C15H30N2O3. The minimum Gasteiger partial charge on any atom is -0.468 e. The van der Waals surface area contributed by atoms with E-state index in [0.717, 1.165) is 39.0 Å². The van der Waals surface area contributed by atoms with Crippen LogP contribution in [0.4, 0.5) is 0 Å². The van der Waals surface area contributed by atoms with Crippen molar-refractivity contribution in [3.05, 3.63) is 0 Å². The van der Waals surface area contributed by atoms with Crippen molar-refractivity contribution < 1.29 is 14.3 Å². The standard InChI is InChI=1S/C15H30N2O3/c1-6-16-15(3,14(18)19-5)10-12(2)17(4)11-13-8-7-9-20-13/h12-13,16H,6-11H2,1-5H3. The predicted octanol–water partition coefficient (Wildman–Crippen LogP) is 1.42. The molecule has 5 heteroatoms. The zero-order valence-electron chi connectivity index (χ0n) is 13.6. The number of carbonyl (C=O) groups is 1. The largest absolute Gasteiger partial charge is 0.468 e. The Kier molecular flexibility index (Phi) is 6.92. The summed E-state index contributed by atoms with van der Waals surface area (Å²) in [6.45, 7) is 8.61. The van der Waals surface area contributed by atoms with Crippen molar-refractivity contribution in [3.8, 4) is 0 Å². The number of likely N-dealkylation sites (N-methyl/N-ethyl adjacent to an activating group) is 2. The van der Waals surface area contributed by atoms with Gasteiger partial charge in [-0.15, -0.1) is 0 Å². The van der Waals surface area contributed by atoms with E-state index in [0.29, 0.717) is 6.10 Å². The lowest BCUT2D eigenvalue weighted by atomic mass is 9.92.